The minimum atomic E-state index is -0.439. The Balaban J connectivity index is 1.76. The van der Waals surface area contributed by atoms with Crippen LogP contribution in [0, 0.1) is 22.7 Å². The number of hydrogen-bond donors (Lipinski definition) is 0. The Bertz CT molecular complexity index is 1390. The number of benzene rings is 1. The molecule has 0 atom stereocenters. The lowest BCUT2D eigenvalue weighted by atomic mass is 9.77. The largest absolute Gasteiger partial charge is 0.462 e. The van der Waals surface area contributed by atoms with Crippen molar-refractivity contribution in [3.63, 3.8) is 0 Å². The van der Waals surface area contributed by atoms with Gasteiger partial charge in [-0.2, -0.15) is 10.5 Å². The van der Waals surface area contributed by atoms with E-state index in [-0.39, 0.29) is 11.0 Å². The molecule has 0 aliphatic carbocycles. The van der Waals surface area contributed by atoms with Gasteiger partial charge in [0.25, 0.3) is 0 Å². The molecular formula is C27H25N3O3. The van der Waals surface area contributed by atoms with Crippen molar-refractivity contribution in [2.75, 3.05) is 18.0 Å². The lowest BCUT2D eigenvalue weighted by Gasteiger charge is -2.40. The molecule has 166 valence electrons. The summed E-state index contributed by atoms with van der Waals surface area (Å²) in [6, 6.07) is 9.71. The SMILES string of the molecule is CCN1CCC(C)(C)c2cc3cc(/C=C/C4=CC(=C(C#N)C#N)C=C(C)O4)c(=O)oc3cc21. The van der Waals surface area contributed by atoms with Gasteiger partial charge in [-0.25, -0.2) is 4.79 Å². The fourth-order valence-electron chi connectivity index (χ4n) is 4.30. The van der Waals surface area contributed by atoms with Crippen molar-refractivity contribution in [3.05, 3.63) is 80.6 Å². The van der Waals surface area contributed by atoms with E-state index in [4.69, 9.17) is 19.7 Å². The summed E-state index contributed by atoms with van der Waals surface area (Å²) in [6.45, 7) is 10.2. The van der Waals surface area contributed by atoms with E-state index in [1.54, 1.807) is 31.2 Å². The number of anilines is 1. The van der Waals surface area contributed by atoms with Gasteiger partial charge in [0.2, 0.25) is 0 Å². The van der Waals surface area contributed by atoms with Crippen molar-refractivity contribution in [2.45, 2.75) is 39.5 Å². The maximum atomic E-state index is 12.7. The number of rotatable bonds is 3. The second kappa shape index (κ2) is 8.48. The number of fused-ring (bicyclic) bond motifs is 2. The Morgan fingerprint density at radius 2 is 1.94 bits per heavy atom. The minimum absolute atomic E-state index is 0.00211. The molecule has 0 N–H and O–H groups in total. The van der Waals surface area contributed by atoms with Crippen LogP contribution >= 0.6 is 0 Å². The highest BCUT2D eigenvalue weighted by molar-refractivity contribution is 5.85. The fourth-order valence-corrected chi connectivity index (χ4v) is 4.30. The van der Waals surface area contributed by atoms with Gasteiger partial charge in [0.1, 0.15) is 34.8 Å². The average molecular weight is 440 g/mol. The van der Waals surface area contributed by atoms with Crippen LogP contribution in [0.3, 0.4) is 0 Å². The standard InChI is InChI=1S/C27H25N3O3/c1-5-30-9-8-27(3,4)23-13-20-11-18(26(31)33-25(20)14-24(23)30)6-7-22-12-19(10-17(2)32-22)21(15-28)16-29/h6-7,10-14H,5,8-9H2,1-4H3/b7-6+. The van der Waals surface area contributed by atoms with Gasteiger partial charge >= 0.3 is 5.63 Å². The maximum absolute atomic E-state index is 12.7. The zero-order chi connectivity index (χ0) is 23.8. The van der Waals surface area contributed by atoms with Gasteiger partial charge in [-0.15, -0.1) is 0 Å². The van der Waals surface area contributed by atoms with Crippen molar-refractivity contribution in [1.82, 2.24) is 0 Å². The number of allylic oxidation sites excluding steroid dienone is 6. The molecule has 0 spiro atoms. The molecule has 1 aromatic carbocycles. The van der Waals surface area contributed by atoms with E-state index >= 15 is 0 Å². The van der Waals surface area contributed by atoms with Crippen molar-refractivity contribution < 1.29 is 9.15 Å². The first kappa shape index (κ1) is 22.2. The number of nitrogens with zero attached hydrogens (tertiary/aromatic N) is 3. The second-order valence-corrected chi connectivity index (χ2v) is 8.90. The highest BCUT2D eigenvalue weighted by Gasteiger charge is 2.31. The molecule has 4 rings (SSSR count). The quantitative estimate of drug-likeness (QED) is 0.465. The summed E-state index contributed by atoms with van der Waals surface area (Å²) in [6.07, 6.45) is 7.57. The summed E-state index contributed by atoms with van der Waals surface area (Å²) >= 11 is 0. The van der Waals surface area contributed by atoms with E-state index in [1.165, 1.54) is 5.56 Å². The van der Waals surface area contributed by atoms with Crippen LogP contribution in [0.15, 0.2) is 68.3 Å². The lowest BCUT2D eigenvalue weighted by Crippen LogP contribution is -2.37. The van der Waals surface area contributed by atoms with Crippen LogP contribution in [0.1, 0.15) is 45.2 Å². The summed E-state index contributed by atoms with van der Waals surface area (Å²) in [5, 5.41) is 19.2. The summed E-state index contributed by atoms with van der Waals surface area (Å²) in [7, 11) is 0. The number of ether oxygens (including phenoxy) is 1. The topological polar surface area (TPSA) is 90.3 Å². The molecular weight excluding hydrogens is 414 g/mol. The van der Waals surface area contributed by atoms with E-state index in [0.717, 1.165) is 30.6 Å². The van der Waals surface area contributed by atoms with Crippen LogP contribution in [-0.4, -0.2) is 13.1 Å². The molecule has 6 nitrogen and oxygen atoms in total. The summed E-state index contributed by atoms with van der Waals surface area (Å²) in [4.78, 5) is 15.0. The number of nitriles is 2. The normalized spacial score (nSPS) is 17.0. The molecule has 0 radical (unpaired) electrons. The summed E-state index contributed by atoms with van der Waals surface area (Å²) in [5.41, 5.74) is 3.41. The molecule has 1 aromatic heterocycles. The third kappa shape index (κ3) is 4.21. The predicted molar refractivity (Wildman–Crippen MR) is 128 cm³/mol. The second-order valence-electron chi connectivity index (χ2n) is 8.90. The Kier molecular flexibility index (Phi) is 5.70. The van der Waals surface area contributed by atoms with Gasteiger partial charge < -0.3 is 14.1 Å². The molecule has 0 fully saturated rings. The lowest BCUT2D eigenvalue weighted by molar-refractivity contribution is 0.318. The first-order valence-electron chi connectivity index (χ1n) is 10.9. The highest BCUT2D eigenvalue weighted by Crippen LogP contribution is 2.41. The van der Waals surface area contributed by atoms with E-state index < -0.39 is 5.63 Å². The Morgan fingerprint density at radius 1 is 1.18 bits per heavy atom. The van der Waals surface area contributed by atoms with Gasteiger partial charge in [-0.1, -0.05) is 13.8 Å². The minimum Gasteiger partial charge on any atom is -0.462 e. The van der Waals surface area contributed by atoms with Crippen LogP contribution in [0.2, 0.25) is 0 Å². The van der Waals surface area contributed by atoms with E-state index in [1.807, 2.05) is 24.3 Å². The van der Waals surface area contributed by atoms with Crippen molar-refractivity contribution in [3.8, 4) is 12.1 Å². The third-order valence-corrected chi connectivity index (χ3v) is 6.21. The zero-order valence-corrected chi connectivity index (χ0v) is 19.2. The molecule has 2 aliphatic rings. The van der Waals surface area contributed by atoms with Gasteiger partial charge in [0.05, 0.1) is 5.56 Å². The van der Waals surface area contributed by atoms with Gasteiger partial charge in [0.15, 0.2) is 0 Å². The molecule has 0 amide bonds. The molecule has 33 heavy (non-hydrogen) atoms. The van der Waals surface area contributed by atoms with Crippen LogP contribution in [0.5, 0.6) is 0 Å². The van der Waals surface area contributed by atoms with Crippen molar-refractivity contribution in [1.29, 1.82) is 10.5 Å². The van der Waals surface area contributed by atoms with Crippen LogP contribution in [0.4, 0.5) is 5.69 Å². The smallest absolute Gasteiger partial charge is 0.343 e. The molecule has 3 heterocycles. The molecule has 0 saturated heterocycles. The fraction of sp³-hybridized carbons (Fsp3) is 0.296. The van der Waals surface area contributed by atoms with Crippen LogP contribution < -0.4 is 10.5 Å². The molecule has 0 saturated carbocycles. The van der Waals surface area contributed by atoms with E-state index in [0.29, 0.717) is 28.2 Å². The van der Waals surface area contributed by atoms with Crippen LogP contribution in [0.25, 0.3) is 17.0 Å². The Hall–Kier alpha value is -4.03. The van der Waals surface area contributed by atoms with Gasteiger partial charge in [-0.3, -0.25) is 0 Å². The maximum Gasteiger partial charge on any atom is 0.343 e. The Morgan fingerprint density at radius 3 is 2.64 bits per heavy atom. The molecule has 2 aromatic rings. The first-order valence-corrected chi connectivity index (χ1v) is 10.9. The number of hydrogen-bond acceptors (Lipinski definition) is 6. The third-order valence-electron chi connectivity index (χ3n) is 6.21. The summed E-state index contributed by atoms with van der Waals surface area (Å²) in [5.74, 6) is 0.979. The zero-order valence-electron chi connectivity index (χ0n) is 19.2. The first-order chi connectivity index (χ1) is 15.7. The van der Waals surface area contributed by atoms with Gasteiger partial charge in [-0.05, 0) is 67.7 Å². The predicted octanol–water partition coefficient (Wildman–Crippen LogP) is 5.48. The van der Waals surface area contributed by atoms with Crippen molar-refractivity contribution >= 4 is 22.7 Å². The van der Waals surface area contributed by atoms with E-state index in [9.17, 15) is 4.79 Å². The highest BCUT2D eigenvalue weighted by atomic mass is 16.5. The van der Waals surface area contributed by atoms with Crippen molar-refractivity contribution in [2.24, 2.45) is 0 Å². The molecule has 2 aliphatic heterocycles. The molecule has 0 bridgehead atoms. The summed E-state index contributed by atoms with van der Waals surface area (Å²) < 4.78 is 11.3. The monoisotopic (exact) mass is 439 g/mol. The average Bonchev–Trinajstić information content (AvgIpc) is 2.77. The molecule has 0 unspecified atom stereocenters. The molecule has 6 heteroatoms. The van der Waals surface area contributed by atoms with Crippen LogP contribution in [-0.2, 0) is 10.2 Å². The van der Waals surface area contributed by atoms with E-state index in [2.05, 4.69) is 31.7 Å². The van der Waals surface area contributed by atoms with Gasteiger partial charge in [0, 0.05) is 35.8 Å². The Labute approximate surface area is 193 Å².